The van der Waals surface area contributed by atoms with Crippen LogP contribution in [-0.2, 0) is 9.53 Å². The monoisotopic (exact) mass is 383 g/mol. The standard InChI is InChI=1S/C19H14BrNO3/c1-2-11-23-14-9-7-13(8-10-14)12-17-19(22)24-18(21-17)15-5-3-4-6-16(15)20/h2-10,12H,1,11H2/b17-12-. The normalized spacial score (nSPS) is 15.1. The summed E-state index contributed by atoms with van der Waals surface area (Å²) in [5.74, 6) is 0.570. The van der Waals surface area contributed by atoms with E-state index >= 15 is 0 Å². The zero-order chi connectivity index (χ0) is 16.9. The lowest BCUT2D eigenvalue weighted by atomic mass is 10.2. The predicted molar refractivity (Wildman–Crippen MR) is 96.9 cm³/mol. The van der Waals surface area contributed by atoms with Crippen LogP contribution in [0.2, 0.25) is 0 Å². The third-order valence-electron chi connectivity index (χ3n) is 3.28. The number of cyclic esters (lactones) is 1. The molecule has 1 aliphatic heterocycles. The van der Waals surface area contributed by atoms with Gasteiger partial charge in [0, 0.05) is 4.47 Å². The van der Waals surface area contributed by atoms with Gasteiger partial charge in [0.2, 0.25) is 5.90 Å². The fraction of sp³-hybridized carbons (Fsp3) is 0.0526. The number of benzene rings is 2. The number of carbonyl (C=O) groups is 1. The molecule has 0 aromatic heterocycles. The molecule has 0 N–H and O–H groups in total. The van der Waals surface area contributed by atoms with Crippen LogP contribution in [0.15, 0.2) is 76.3 Å². The van der Waals surface area contributed by atoms with Gasteiger partial charge >= 0.3 is 5.97 Å². The molecule has 0 fully saturated rings. The van der Waals surface area contributed by atoms with Crippen LogP contribution in [0, 0.1) is 0 Å². The third kappa shape index (κ3) is 3.63. The summed E-state index contributed by atoms with van der Waals surface area (Å²) in [4.78, 5) is 16.3. The molecule has 2 aromatic carbocycles. The molecule has 0 bridgehead atoms. The molecule has 0 saturated carbocycles. The molecular weight excluding hydrogens is 370 g/mol. The van der Waals surface area contributed by atoms with Crippen molar-refractivity contribution in [2.75, 3.05) is 6.61 Å². The second kappa shape index (κ2) is 7.27. The van der Waals surface area contributed by atoms with E-state index in [0.29, 0.717) is 12.5 Å². The third-order valence-corrected chi connectivity index (χ3v) is 3.97. The molecule has 0 unspecified atom stereocenters. The van der Waals surface area contributed by atoms with Crippen molar-refractivity contribution in [2.24, 2.45) is 4.99 Å². The van der Waals surface area contributed by atoms with Gasteiger partial charge in [-0.25, -0.2) is 9.79 Å². The number of nitrogens with zero attached hydrogens (tertiary/aromatic N) is 1. The van der Waals surface area contributed by atoms with Gasteiger partial charge < -0.3 is 9.47 Å². The van der Waals surface area contributed by atoms with E-state index in [9.17, 15) is 4.79 Å². The Morgan fingerprint density at radius 2 is 1.92 bits per heavy atom. The Morgan fingerprint density at radius 1 is 1.17 bits per heavy atom. The Kier molecular flexibility index (Phi) is 4.91. The highest BCUT2D eigenvalue weighted by Gasteiger charge is 2.25. The Balaban J connectivity index is 1.83. The lowest BCUT2D eigenvalue weighted by molar-refractivity contribution is -0.129. The molecule has 120 valence electrons. The molecule has 3 rings (SSSR count). The Labute approximate surface area is 148 Å². The van der Waals surface area contributed by atoms with Crippen LogP contribution in [0.25, 0.3) is 6.08 Å². The average Bonchev–Trinajstić information content (AvgIpc) is 2.95. The molecule has 0 amide bonds. The number of aliphatic imine (C=N–C) groups is 1. The molecule has 0 aliphatic carbocycles. The van der Waals surface area contributed by atoms with Crippen LogP contribution in [0.5, 0.6) is 5.75 Å². The van der Waals surface area contributed by atoms with E-state index in [1.807, 2.05) is 48.5 Å². The molecule has 1 heterocycles. The van der Waals surface area contributed by atoms with E-state index < -0.39 is 5.97 Å². The molecule has 2 aromatic rings. The van der Waals surface area contributed by atoms with Gasteiger partial charge in [-0.05, 0) is 51.8 Å². The minimum atomic E-state index is -0.465. The Morgan fingerprint density at radius 3 is 2.62 bits per heavy atom. The molecule has 0 spiro atoms. The van der Waals surface area contributed by atoms with Crippen molar-refractivity contribution < 1.29 is 14.3 Å². The minimum absolute atomic E-state index is 0.264. The van der Waals surface area contributed by atoms with Crippen molar-refractivity contribution in [1.29, 1.82) is 0 Å². The second-order valence-electron chi connectivity index (χ2n) is 4.98. The van der Waals surface area contributed by atoms with Crippen LogP contribution in [0.1, 0.15) is 11.1 Å². The average molecular weight is 384 g/mol. The Bertz CT molecular complexity index is 838. The smallest absolute Gasteiger partial charge is 0.363 e. The summed E-state index contributed by atoms with van der Waals surface area (Å²) >= 11 is 3.43. The fourth-order valence-corrected chi connectivity index (χ4v) is 2.59. The molecular formula is C19H14BrNO3. The first-order chi connectivity index (χ1) is 11.7. The number of carbonyl (C=O) groups excluding carboxylic acids is 1. The lowest BCUT2D eigenvalue weighted by Crippen LogP contribution is -2.05. The molecule has 0 atom stereocenters. The minimum Gasteiger partial charge on any atom is -0.490 e. The molecule has 0 radical (unpaired) electrons. The summed E-state index contributed by atoms with van der Waals surface area (Å²) in [5, 5.41) is 0. The predicted octanol–water partition coefficient (Wildman–Crippen LogP) is 4.36. The van der Waals surface area contributed by atoms with Crippen molar-refractivity contribution >= 4 is 33.9 Å². The summed E-state index contributed by atoms with van der Waals surface area (Å²) < 4.78 is 11.5. The molecule has 0 saturated heterocycles. The largest absolute Gasteiger partial charge is 0.490 e. The zero-order valence-electron chi connectivity index (χ0n) is 12.7. The van der Waals surface area contributed by atoms with Gasteiger partial charge in [0.05, 0.1) is 5.56 Å². The highest BCUT2D eigenvalue weighted by Crippen LogP contribution is 2.24. The number of esters is 1. The zero-order valence-corrected chi connectivity index (χ0v) is 14.3. The van der Waals surface area contributed by atoms with E-state index in [1.54, 1.807) is 12.2 Å². The number of hydrogen-bond acceptors (Lipinski definition) is 4. The topological polar surface area (TPSA) is 47.9 Å². The maximum Gasteiger partial charge on any atom is 0.363 e. The number of ether oxygens (including phenoxy) is 2. The van der Waals surface area contributed by atoms with Gasteiger partial charge in [0.1, 0.15) is 12.4 Å². The lowest BCUT2D eigenvalue weighted by Gasteiger charge is -2.02. The first kappa shape index (κ1) is 16.2. The van der Waals surface area contributed by atoms with Gasteiger partial charge in [-0.2, -0.15) is 0 Å². The van der Waals surface area contributed by atoms with E-state index in [1.165, 1.54) is 0 Å². The summed E-state index contributed by atoms with van der Waals surface area (Å²) in [6.45, 7) is 4.06. The quantitative estimate of drug-likeness (QED) is 0.437. The van der Waals surface area contributed by atoms with Crippen LogP contribution >= 0.6 is 15.9 Å². The van der Waals surface area contributed by atoms with E-state index in [0.717, 1.165) is 21.3 Å². The second-order valence-corrected chi connectivity index (χ2v) is 5.84. The van der Waals surface area contributed by atoms with Crippen molar-refractivity contribution in [3.63, 3.8) is 0 Å². The van der Waals surface area contributed by atoms with Gasteiger partial charge in [-0.1, -0.05) is 36.9 Å². The molecule has 5 heteroatoms. The first-order valence-corrected chi connectivity index (χ1v) is 8.08. The Hall–Kier alpha value is -2.66. The van der Waals surface area contributed by atoms with Gasteiger partial charge in [-0.3, -0.25) is 0 Å². The van der Waals surface area contributed by atoms with E-state index in [-0.39, 0.29) is 5.70 Å². The highest BCUT2D eigenvalue weighted by atomic mass is 79.9. The number of halogens is 1. The van der Waals surface area contributed by atoms with Crippen LogP contribution in [0.3, 0.4) is 0 Å². The van der Waals surface area contributed by atoms with Crippen molar-refractivity contribution in [3.05, 3.63) is 82.5 Å². The van der Waals surface area contributed by atoms with Gasteiger partial charge in [-0.15, -0.1) is 0 Å². The van der Waals surface area contributed by atoms with Crippen molar-refractivity contribution in [1.82, 2.24) is 0 Å². The summed E-state index contributed by atoms with van der Waals surface area (Å²) in [6.07, 6.45) is 3.37. The molecule has 24 heavy (non-hydrogen) atoms. The van der Waals surface area contributed by atoms with E-state index in [4.69, 9.17) is 9.47 Å². The SMILES string of the molecule is C=CCOc1ccc(/C=C2\N=C(c3ccccc3Br)OC2=O)cc1. The summed E-state index contributed by atoms with van der Waals surface area (Å²) in [7, 11) is 0. The summed E-state index contributed by atoms with van der Waals surface area (Å²) in [5.41, 5.74) is 1.84. The molecule has 4 nitrogen and oxygen atoms in total. The molecule has 1 aliphatic rings. The maximum absolute atomic E-state index is 12.0. The number of rotatable bonds is 5. The summed E-state index contributed by atoms with van der Waals surface area (Å²) in [6, 6.07) is 14.8. The van der Waals surface area contributed by atoms with Crippen molar-refractivity contribution in [2.45, 2.75) is 0 Å². The highest BCUT2D eigenvalue weighted by molar-refractivity contribution is 9.10. The fourth-order valence-electron chi connectivity index (χ4n) is 2.13. The van der Waals surface area contributed by atoms with E-state index in [2.05, 4.69) is 27.5 Å². The van der Waals surface area contributed by atoms with Gasteiger partial charge in [0.15, 0.2) is 5.70 Å². The maximum atomic E-state index is 12.0. The first-order valence-electron chi connectivity index (χ1n) is 7.28. The van der Waals surface area contributed by atoms with Crippen LogP contribution in [-0.4, -0.2) is 18.5 Å². The van der Waals surface area contributed by atoms with Crippen LogP contribution in [0.4, 0.5) is 0 Å². The van der Waals surface area contributed by atoms with Crippen LogP contribution < -0.4 is 4.74 Å². The van der Waals surface area contributed by atoms with Gasteiger partial charge in [0.25, 0.3) is 0 Å². The number of hydrogen-bond donors (Lipinski definition) is 0. The van der Waals surface area contributed by atoms with Crippen molar-refractivity contribution in [3.8, 4) is 5.75 Å².